The van der Waals surface area contributed by atoms with Gasteiger partial charge in [0, 0.05) is 11.1 Å². The second-order valence-corrected chi connectivity index (χ2v) is 3.91. The predicted molar refractivity (Wildman–Crippen MR) is 67.2 cm³/mol. The lowest BCUT2D eigenvalue weighted by molar-refractivity contribution is 0.103. The maximum Gasteiger partial charge on any atom is 0.193 e. The number of benzene rings is 2. The molecular weight excluding hydrogens is 252 g/mol. The zero-order valence-electron chi connectivity index (χ0n) is 10.1. The number of halogens is 2. The van der Waals surface area contributed by atoms with Crippen molar-refractivity contribution in [2.24, 2.45) is 0 Å². The molecular formula is C14H11F2NO2. The Bertz CT molecular complexity index is 641. The fraction of sp³-hybridized carbons (Fsp3) is 0.0714. The van der Waals surface area contributed by atoms with E-state index in [-0.39, 0.29) is 11.1 Å². The van der Waals surface area contributed by atoms with E-state index in [0.29, 0.717) is 11.4 Å². The third kappa shape index (κ3) is 2.54. The number of hydrogen-bond donors (Lipinski definition) is 1. The van der Waals surface area contributed by atoms with Crippen molar-refractivity contribution in [2.75, 3.05) is 12.8 Å². The van der Waals surface area contributed by atoms with Gasteiger partial charge in [0.05, 0.1) is 12.8 Å². The number of nitrogen functional groups attached to an aromatic ring is 1. The molecule has 19 heavy (non-hydrogen) atoms. The van der Waals surface area contributed by atoms with Gasteiger partial charge >= 0.3 is 0 Å². The highest BCUT2D eigenvalue weighted by molar-refractivity contribution is 6.09. The molecule has 0 saturated carbocycles. The molecule has 0 saturated heterocycles. The van der Waals surface area contributed by atoms with Crippen LogP contribution in [-0.2, 0) is 0 Å². The van der Waals surface area contributed by atoms with Crippen LogP contribution in [0.25, 0.3) is 0 Å². The van der Waals surface area contributed by atoms with E-state index < -0.39 is 17.4 Å². The lowest BCUT2D eigenvalue weighted by Crippen LogP contribution is -2.04. The minimum atomic E-state index is -1.06. The molecule has 3 nitrogen and oxygen atoms in total. The molecule has 2 rings (SSSR count). The van der Waals surface area contributed by atoms with Gasteiger partial charge in [0.25, 0.3) is 0 Å². The van der Waals surface area contributed by atoms with Crippen molar-refractivity contribution in [3.8, 4) is 5.75 Å². The molecule has 2 aromatic carbocycles. The van der Waals surface area contributed by atoms with Crippen LogP contribution in [0.15, 0.2) is 36.4 Å². The van der Waals surface area contributed by atoms with Gasteiger partial charge < -0.3 is 10.5 Å². The van der Waals surface area contributed by atoms with E-state index in [4.69, 9.17) is 10.5 Å². The van der Waals surface area contributed by atoms with Gasteiger partial charge in [-0.3, -0.25) is 4.79 Å². The first kappa shape index (κ1) is 13.0. The molecule has 0 atom stereocenters. The Morgan fingerprint density at radius 2 is 1.68 bits per heavy atom. The molecule has 0 heterocycles. The topological polar surface area (TPSA) is 52.3 Å². The molecule has 98 valence electrons. The number of nitrogens with two attached hydrogens (primary N) is 1. The van der Waals surface area contributed by atoms with Gasteiger partial charge in [-0.15, -0.1) is 0 Å². The third-order valence-corrected chi connectivity index (χ3v) is 2.68. The van der Waals surface area contributed by atoms with Crippen LogP contribution < -0.4 is 10.5 Å². The maximum atomic E-state index is 13.1. The van der Waals surface area contributed by atoms with Gasteiger partial charge in [-0.1, -0.05) is 0 Å². The van der Waals surface area contributed by atoms with Crippen LogP contribution in [0.2, 0.25) is 0 Å². The summed E-state index contributed by atoms with van der Waals surface area (Å²) >= 11 is 0. The molecule has 0 amide bonds. The fourth-order valence-electron chi connectivity index (χ4n) is 1.66. The number of anilines is 1. The number of hydrogen-bond acceptors (Lipinski definition) is 3. The van der Waals surface area contributed by atoms with Crippen molar-refractivity contribution in [1.82, 2.24) is 0 Å². The van der Waals surface area contributed by atoms with Gasteiger partial charge in [0.2, 0.25) is 0 Å². The Morgan fingerprint density at radius 1 is 1.05 bits per heavy atom. The zero-order valence-corrected chi connectivity index (χ0v) is 10.1. The molecule has 0 spiro atoms. The highest BCUT2D eigenvalue weighted by Crippen LogP contribution is 2.24. The molecule has 0 aliphatic rings. The van der Waals surface area contributed by atoms with Crippen LogP contribution in [0, 0.1) is 11.6 Å². The van der Waals surface area contributed by atoms with Crippen molar-refractivity contribution in [3.05, 3.63) is 59.2 Å². The summed E-state index contributed by atoms with van der Waals surface area (Å²) in [6.45, 7) is 0. The Kier molecular flexibility index (Phi) is 3.46. The zero-order chi connectivity index (χ0) is 14.0. The van der Waals surface area contributed by atoms with Crippen molar-refractivity contribution < 1.29 is 18.3 Å². The molecule has 0 radical (unpaired) electrons. The smallest absolute Gasteiger partial charge is 0.193 e. The first-order valence-electron chi connectivity index (χ1n) is 5.46. The van der Waals surface area contributed by atoms with Gasteiger partial charge in [-0.25, -0.2) is 8.78 Å². The standard InChI is InChI=1S/C14H11F2NO2/c1-19-13-7-9(3-5-12(13)17)14(18)8-2-4-10(15)11(16)6-8/h2-7H,17H2,1H3. The minimum absolute atomic E-state index is 0.0609. The Morgan fingerprint density at radius 3 is 2.32 bits per heavy atom. The minimum Gasteiger partial charge on any atom is -0.495 e. The summed E-state index contributed by atoms with van der Waals surface area (Å²) in [5, 5.41) is 0. The van der Waals surface area contributed by atoms with E-state index in [9.17, 15) is 13.6 Å². The van der Waals surface area contributed by atoms with Crippen LogP contribution in [0.4, 0.5) is 14.5 Å². The Labute approximate surface area is 108 Å². The molecule has 0 aliphatic carbocycles. The molecule has 0 bridgehead atoms. The summed E-state index contributed by atoms with van der Waals surface area (Å²) in [4.78, 5) is 12.1. The summed E-state index contributed by atoms with van der Waals surface area (Å²) in [5.41, 5.74) is 6.38. The normalized spacial score (nSPS) is 10.3. The van der Waals surface area contributed by atoms with Crippen molar-refractivity contribution >= 4 is 11.5 Å². The van der Waals surface area contributed by atoms with Crippen LogP contribution in [0.3, 0.4) is 0 Å². The summed E-state index contributed by atoms with van der Waals surface area (Å²) < 4.78 is 30.9. The van der Waals surface area contributed by atoms with E-state index >= 15 is 0 Å². The van der Waals surface area contributed by atoms with Gasteiger partial charge in [0.1, 0.15) is 5.75 Å². The SMILES string of the molecule is COc1cc(C(=O)c2ccc(F)c(F)c2)ccc1N. The predicted octanol–water partition coefficient (Wildman–Crippen LogP) is 2.79. The highest BCUT2D eigenvalue weighted by atomic mass is 19.2. The van der Waals surface area contributed by atoms with Gasteiger partial charge in [0.15, 0.2) is 17.4 Å². The third-order valence-electron chi connectivity index (χ3n) is 2.68. The first-order valence-corrected chi connectivity index (χ1v) is 5.46. The largest absolute Gasteiger partial charge is 0.495 e. The lowest BCUT2D eigenvalue weighted by Gasteiger charge is -2.07. The second kappa shape index (κ2) is 5.06. The summed E-state index contributed by atoms with van der Waals surface area (Å²) in [7, 11) is 1.43. The molecule has 2 N–H and O–H groups in total. The summed E-state index contributed by atoms with van der Waals surface area (Å²) in [5.74, 6) is -2.13. The maximum absolute atomic E-state index is 13.1. The molecule has 0 fully saturated rings. The number of ether oxygens (including phenoxy) is 1. The molecule has 0 aromatic heterocycles. The van der Waals surface area contributed by atoms with E-state index in [1.807, 2.05) is 0 Å². The first-order chi connectivity index (χ1) is 9.02. The van der Waals surface area contributed by atoms with Crippen molar-refractivity contribution in [2.45, 2.75) is 0 Å². The quantitative estimate of drug-likeness (QED) is 0.684. The second-order valence-electron chi connectivity index (χ2n) is 3.91. The number of methoxy groups -OCH3 is 1. The lowest BCUT2D eigenvalue weighted by atomic mass is 10.0. The van der Waals surface area contributed by atoms with Gasteiger partial charge in [-0.2, -0.15) is 0 Å². The van der Waals surface area contributed by atoms with Gasteiger partial charge in [-0.05, 0) is 36.4 Å². The molecule has 0 unspecified atom stereocenters. The molecule has 0 aliphatic heterocycles. The van der Waals surface area contributed by atoms with E-state index in [0.717, 1.165) is 12.1 Å². The van der Waals surface area contributed by atoms with Crippen LogP contribution in [-0.4, -0.2) is 12.9 Å². The van der Waals surface area contributed by atoms with Crippen molar-refractivity contribution in [1.29, 1.82) is 0 Å². The highest BCUT2D eigenvalue weighted by Gasteiger charge is 2.13. The number of ketones is 1. The molecule has 5 heteroatoms. The summed E-state index contributed by atoms with van der Waals surface area (Å²) in [6.07, 6.45) is 0. The van der Waals surface area contributed by atoms with Crippen molar-refractivity contribution in [3.63, 3.8) is 0 Å². The average Bonchev–Trinajstić information content (AvgIpc) is 2.41. The number of carbonyl (C=O) groups is 1. The fourth-order valence-corrected chi connectivity index (χ4v) is 1.66. The average molecular weight is 263 g/mol. The Balaban J connectivity index is 2.41. The number of rotatable bonds is 3. The summed E-state index contributed by atoms with van der Waals surface area (Å²) in [6, 6.07) is 7.48. The van der Waals surface area contributed by atoms with Crippen LogP contribution >= 0.6 is 0 Å². The van der Waals surface area contributed by atoms with Crippen LogP contribution in [0.5, 0.6) is 5.75 Å². The Hall–Kier alpha value is -2.43. The monoisotopic (exact) mass is 263 g/mol. The van der Waals surface area contributed by atoms with E-state index in [1.54, 1.807) is 0 Å². The number of carbonyl (C=O) groups excluding carboxylic acids is 1. The van der Waals surface area contributed by atoms with E-state index in [2.05, 4.69) is 0 Å². The van der Waals surface area contributed by atoms with Crippen LogP contribution in [0.1, 0.15) is 15.9 Å². The molecule has 2 aromatic rings. The van der Waals surface area contributed by atoms with E-state index in [1.165, 1.54) is 31.4 Å².